The van der Waals surface area contributed by atoms with Crippen molar-refractivity contribution in [2.24, 2.45) is 0 Å². The van der Waals surface area contributed by atoms with Crippen molar-refractivity contribution in [3.05, 3.63) is 34.1 Å². The highest BCUT2D eigenvalue weighted by Gasteiger charge is 2.39. The number of ether oxygens (including phenoxy) is 3. The van der Waals surface area contributed by atoms with Crippen LogP contribution in [0.2, 0.25) is 18.1 Å². The Morgan fingerprint density at radius 1 is 1.21 bits per heavy atom. The topological polar surface area (TPSA) is 102 Å². The average molecular weight is 490 g/mol. The monoisotopic (exact) mass is 489 g/mol. The summed E-state index contributed by atoms with van der Waals surface area (Å²) in [5.41, 5.74) is 1.01. The molecule has 0 unspecified atom stereocenters. The zero-order valence-corrected chi connectivity index (χ0v) is 22.5. The standard InChI is InChI=1S/C25H36N2O6Si/c1-10-19(33-34(8,9)25(2,3)4)13-11-17-15-21(30-5)23(31-6)24(32-7)22(17)20(29)14-12-18(28)16-27-26/h1,15-16,19H,11-14H2,2-9H3/p+1/b18-16-/t19-/m0/s1. The molecule has 0 amide bonds. The third-order valence-corrected chi connectivity index (χ3v) is 10.6. The minimum Gasteiger partial charge on any atom is -0.505 e. The minimum atomic E-state index is -2.09. The Morgan fingerprint density at radius 2 is 1.82 bits per heavy atom. The molecule has 9 heteroatoms. The molecule has 1 N–H and O–H groups in total. The fourth-order valence-corrected chi connectivity index (χ4v) is 4.45. The molecule has 0 aliphatic carbocycles. The average Bonchev–Trinajstić information content (AvgIpc) is 2.78. The van der Waals surface area contributed by atoms with Gasteiger partial charge in [0.05, 0.1) is 26.9 Å². The number of hydrogen-bond acceptors (Lipinski definition) is 7. The van der Waals surface area contributed by atoms with E-state index in [2.05, 4.69) is 44.8 Å². The number of allylic oxidation sites excluding steroid dienone is 1. The van der Waals surface area contributed by atoms with E-state index in [0.29, 0.717) is 35.5 Å². The number of rotatable bonds is 12. The predicted octanol–water partition coefficient (Wildman–Crippen LogP) is 5.88. The smallest absolute Gasteiger partial charge is 0.387 e. The largest absolute Gasteiger partial charge is 0.505 e. The molecule has 8 nitrogen and oxygen atoms in total. The van der Waals surface area contributed by atoms with Gasteiger partial charge < -0.3 is 23.7 Å². The number of hydrogen-bond donors (Lipinski definition) is 1. The van der Waals surface area contributed by atoms with Gasteiger partial charge in [-0.2, -0.15) is 0 Å². The van der Waals surface area contributed by atoms with Crippen LogP contribution in [0, 0.1) is 17.7 Å². The normalized spacial score (nSPS) is 12.9. The summed E-state index contributed by atoms with van der Waals surface area (Å²) in [6, 6.07) is 1.74. The zero-order valence-electron chi connectivity index (χ0n) is 21.5. The van der Waals surface area contributed by atoms with Crippen molar-refractivity contribution in [1.29, 1.82) is 5.39 Å². The Balaban J connectivity index is 3.38. The highest BCUT2D eigenvalue weighted by molar-refractivity contribution is 6.74. The van der Waals surface area contributed by atoms with Crippen LogP contribution in [-0.2, 0) is 10.8 Å². The Morgan fingerprint density at radius 3 is 2.29 bits per heavy atom. The molecule has 0 aromatic heterocycles. The molecule has 0 saturated heterocycles. The molecule has 1 atom stereocenters. The highest BCUT2D eigenvalue weighted by Crippen LogP contribution is 2.43. The Kier molecular flexibility index (Phi) is 10.6. The van der Waals surface area contributed by atoms with E-state index in [1.54, 1.807) is 6.07 Å². The van der Waals surface area contributed by atoms with Crippen molar-refractivity contribution in [2.45, 2.75) is 70.7 Å². The van der Waals surface area contributed by atoms with Gasteiger partial charge in [0.2, 0.25) is 11.1 Å². The second-order valence-electron chi connectivity index (χ2n) is 9.41. The van der Waals surface area contributed by atoms with Crippen molar-refractivity contribution in [1.82, 2.24) is 0 Å². The molecular formula is C25H37N2O6Si+. The van der Waals surface area contributed by atoms with E-state index < -0.39 is 14.4 Å². The van der Waals surface area contributed by atoms with Crippen LogP contribution in [0.25, 0.3) is 4.98 Å². The number of methoxy groups -OCH3 is 3. The van der Waals surface area contributed by atoms with Gasteiger partial charge in [0.1, 0.15) is 6.10 Å². The number of carbonyl (C=O) groups is 1. The lowest BCUT2D eigenvalue weighted by atomic mass is 9.94. The Bertz CT molecular complexity index is 983. The number of terminal acetylenes is 1. The van der Waals surface area contributed by atoms with E-state index in [9.17, 15) is 9.90 Å². The fraction of sp³-hybridized carbons (Fsp3) is 0.560. The number of benzene rings is 1. The number of aryl methyl sites for hydroxylation is 1. The van der Waals surface area contributed by atoms with Gasteiger partial charge in [-0.15, -0.1) is 6.42 Å². The zero-order chi connectivity index (χ0) is 26.1. The summed E-state index contributed by atoms with van der Waals surface area (Å²) < 4.78 is 22.9. The van der Waals surface area contributed by atoms with Crippen LogP contribution in [0.15, 0.2) is 18.0 Å². The van der Waals surface area contributed by atoms with E-state index in [0.717, 1.165) is 6.20 Å². The van der Waals surface area contributed by atoms with Crippen molar-refractivity contribution in [3.8, 4) is 29.6 Å². The molecule has 0 aliphatic rings. The Hall–Kier alpha value is -3.01. The molecule has 34 heavy (non-hydrogen) atoms. The van der Waals surface area contributed by atoms with Gasteiger partial charge in [-0.25, -0.2) is 0 Å². The van der Waals surface area contributed by atoms with E-state index in [4.69, 9.17) is 30.5 Å². The first kappa shape index (κ1) is 29.0. The van der Waals surface area contributed by atoms with Crippen LogP contribution in [0.4, 0.5) is 0 Å². The molecule has 0 spiro atoms. The van der Waals surface area contributed by atoms with Crippen LogP contribution in [0.1, 0.15) is 56.0 Å². The molecule has 0 radical (unpaired) electrons. The molecule has 1 rings (SSSR count). The van der Waals surface area contributed by atoms with Crippen LogP contribution in [0.5, 0.6) is 17.2 Å². The summed E-state index contributed by atoms with van der Waals surface area (Å²) in [5.74, 6) is 3.24. The maximum Gasteiger partial charge on any atom is 0.387 e. The van der Waals surface area contributed by atoms with E-state index in [1.165, 1.54) is 21.3 Å². The second-order valence-corrected chi connectivity index (χ2v) is 14.2. The van der Waals surface area contributed by atoms with Crippen LogP contribution in [0.3, 0.4) is 0 Å². The number of aliphatic hydroxyl groups is 1. The quantitative estimate of drug-likeness (QED) is 0.128. The van der Waals surface area contributed by atoms with Crippen LogP contribution < -0.4 is 14.2 Å². The summed E-state index contributed by atoms with van der Waals surface area (Å²) in [6.45, 7) is 10.7. The van der Waals surface area contributed by atoms with Gasteiger partial charge in [-0.1, -0.05) is 26.7 Å². The minimum absolute atomic E-state index is 0.00129. The summed E-state index contributed by atoms with van der Waals surface area (Å²) in [5, 5.41) is 18.3. The van der Waals surface area contributed by atoms with Gasteiger partial charge >= 0.3 is 6.20 Å². The molecule has 1 aromatic carbocycles. The predicted molar refractivity (Wildman–Crippen MR) is 135 cm³/mol. The van der Waals surface area contributed by atoms with Crippen molar-refractivity contribution < 1.29 is 28.5 Å². The number of nitrogens with zero attached hydrogens (tertiary/aromatic N) is 2. The molecule has 0 saturated carbocycles. The molecule has 186 valence electrons. The number of Topliss-reactive ketones (excluding diaryl/α,β-unsaturated/α-hetero) is 1. The SMILES string of the molecule is C#C[C@@H](CCc1cc(OC)c(OC)c(OC)c1C(=O)CC/C(O)=C/[N+]#N)O[Si](C)(C)C(C)(C)C. The van der Waals surface area contributed by atoms with Gasteiger partial charge in [0.25, 0.3) is 0 Å². The Labute approximate surface area is 204 Å². The lowest BCUT2D eigenvalue weighted by Gasteiger charge is -2.38. The summed E-state index contributed by atoms with van der Waals surface area (Å²) in [7, 11) is 2.33. The molecule has 1 aromatic rings. The van der Waals surface area contributed by atoms with Crippen molar-refractivity contribution in [2.75, 3.05) is 21.3 Å². The maximum atomic E-state index is 13.2. The van der Waals surface area contributed by atoms with Crippen molar-refractivity contribution >= 4 is 14.1 Å². The number of diazo groups is 1. The summed E-state index contributed by atoms with van der Waals surface area (Å²) in [4.78, 5) is 16.0. The molecule has 0 bridgehead atoms. The third-order valence-electron chi connectivity index (χ3n) is 6.11. The molecule has 0 aliphatic heterocycles. The van der Waals surface area contributed by atoms with E-state index in [-0.39, 0.29) is 35.2 Å². The summed E-state index contributed by atoms with van der Waals surface area (Å²) >= 11 is 0. The molecular weight excluding hydrogens is 452 g/mol. The van der Waals surface area contributed by atoms with Gasteiger partial charge in [0.15, 0.2) is 36.3 Å². The van der Waals surface area contributed by atoms with Crippen molar-refractivity contribution in [3.63, 3.8) is 0 Å². The van der Waals surface area contributed by atoms with Gasteiger partial charge in [-0.3, -0.25) is 4.79 Å². The number of ketones is 1. The fourth-order valence-electron chi connectivity index (χ4n) is 3.20. The van der Waals surface area contributed by atoms with E-state index in [1.807, 2.05) is 0 Å². The lowest BCUT2D eigenvalue weighted by molar-refractivity contribution is 0.0973. The number of carbonyl (C=O) groups excluding carboxylic acids is 1. The highest BCUT2D eigenvalue weighted by atomic mass is 28.4. The van der Waals surface area contributed by atoms with E-state index >= 15 is 0 Å². The first-order valence-electron chi connectivity index (χ1n) is 11.1. The van der Waals surface area contributed by atoms with Crippen LogP contribution in [-0.4, -0.2) is 46.6 Å². The maximum absolute atomic E-state index is 13.2. The molecule has 0 heterocycles. The van der Waals surface area contributed by atoms with Crippen LogP contribution >= 0.6 is 0 Å². The first-order chi connectivity index (χ1) is 15.9. The second kappa shape index (κ2) is 12.4. The first-order valence-corrected chi connectivity index (χ1v) is 14.0. The third kappa shape index (κ3) is 7.24. The van der Waals surface area contributed by atoms with Gasteiger partial charge in [-0.05, 0) is 42.6 Å². The summed E-state index contributed by atoms with van der Waals surface area (Å²) in [6.07, 6.45) is 7.17. The lowest BCUT2D eigenvalue weighted by Crippen LogP contribution is -2.43. The van der Waals surface area contributed by atoms with Gasteiger partial charge in [0, 0.05) is 12.8 Å². The number of aliphatic hydroxyl groups excluding tert-OH is 1. The molecule has 0 fully saturated rings.